The molecule has 3 nitrogen and oxygen atoms in total. The summed E-state index contributed by atoms with van der Waals surface area (Å²) >= 11 is 0. The predicted octanol–water partition coefficient (Wildman–Crippen LogP) is 2.61. The van der Waals surface area contributed by atoms with Gasteiger partial charge in [-0.1, -0.05) is 30.3 Å². The van der Waals surface area contributed by atoms with Gasteiger partial charge in [-0.15, -0.1) is 0 Å². The van der Waals surface area contributed by atoms with Crippen LogP contribution in [-0.2, 0) is 11.2 Å². The number of hydrogen-bond acceptors (Lipinski definition) is 2. The average molecular weight is 286 g/mol. The fourth-order valence-electron chi connectivity index (χ4n) is 3.29. The van der Waals surface area contributed by atoms with Crippen LogP contribution in [0.5, 0.6) is 0 Å². The molecule has 1 N–H and O–H groups in total. The van der Waals surface area contributed by atoms with Gasteiger partial charge in [0.05, 0.1) is 0 Å². The van der Waals surface area contributed by atoms with E-state index in [4.69, 9.17) is 0 Å². The van der Waals surface area contributed by atoms with Crippen LogP contribution in [0.1, 0.15) is 37.7 Å². The summed E-state index contributed by atoms with van der Waals surface area (Å²) < 4.78 is 0. The largest absolute Gasteiger partial charge is 0.356 e. The van der Waals surface area contributed by atoms with Gasteiger partial charge in [0, 0.05) is 19.0 Å². The Morgan fingerprint density at radius 1 is 1.10 bits per heavy atom. The van der Waals surface area contributed by atoms with Gasteiger partial charge in [0.15, 0.2) is 0 Å². The molecule has 2 aliphatic rings. The Kier molecular flexibility index (Phi) is 4.91. The Morgan fingerprint density at radius 3 is 2.48 bits per heavy atom. The average Bonchev–Trinajstić information content (AvgIpc) is 3.34. The molecule has 1 amide bonds. The molecule has 3 heteroatoms. The molecule has 114 valence electrons. The van der Waals surface area contributed by atoms with Gasteiger partial charge >= 0.3 is 0 Å². The molecule has 0 atom stereocenters. The molecule has 1 aliphatic heterocycles. The van der Waals surface area contributed by atoms with E-state index in [1.807, 2.05) is 18.2 Å². The molecule has 0 bridgehead atoms. The smallest absolute Gasteiger partial charge is 0.220 e. The zero-order valence-electron chi connectivity index (χ0n) is 12.8. The molecule has 2 fully saturated rings. The van der Waals surface area contributed by atoms with Crippen molar-refractivity contribution in [1.29, 1.82) is 0 Å². The Bertz CT molecular complexity index is 448. The minimum Gasteiger partial charge on any atom is -0.356 e. The van der Waals surface area contributed by atoms with E-state index >= 15 is 0 Å². The molecular formula is C18H26N2O. The van der Waals surface area contributed by atoms with Crippen molar-refractivity contribution >= 4 is 5.91 Å². The highest BCUT2D eigenvalue weighted by Gasteiger charge is 2.32. The van der Waals surface area contributed by atoms with Crippen LogP contribution in [0.4, 0.5) is 0 Å². The number of likely N-dealkylation sites (tertiary alicyclic amines) is 1. The highest BCUT2D eigenvalue weighted by Crippen LogP contribution is 2.31. The minimum absolute atomic E-state index is 0.232. The number of nitrogens with one attached hydrogen (secondary N) is 1. The first-order valence-corrected chi connectivity index (χ1v) is 8.36. The van der Waals surface area contributed by atoms with Gasteiger partial charge in [-0.3, -0.25) is 4.79 Å². The first kappa shape index (κ1) is 14.6. The molecule has 1 aliphatic carbocycles. The number of rotatable bonds is 6. The van der Waals surface area contributed by atoms with E-state index < -0.39 is 0 Å². The van der Waals surface area contributed by atoms with Crippen molar-refractivity contribution in [3.63, 3.8) is 0 Å². The maximum Gasteiger partial charge on any atom is 0.220 e. The van der Waals surface area contributed by atoms with Crippen molar-refractivity contribution in [1.82, 2.24) is 10.2 Å². The van der Waals surface area contributed by atoms with Crippen molar-refractivity contribution in [3.8, 4) is 0 Å². The molecule has 0 spiro atoms. The molecular weight excluding hydrogens is 260 g/mol. The molecule has 0 aromatic heterocycles. The molecule has 21 heavy (non-hydrogen) atoms. The van der Waals surface area contributed by atoms with Crippen LogP contribution >= 0.6 is 0 Å². The molecule has 1 aromatic carbocycles. The van der Waals surface area contributed by atoms with Crippen LogP contribution in [0.15, 0.2) is 30.3 Å². The Labute approximate surface area is 127 Å². The number of nitrogens with zero attached hydrogens (tertiary/aromatic N) is 1. The molecule has 1 aromatic rings. The lowest BCUT2D eigenvalue weighted by atomic mass is 9.93. The first-order chi connectivity index (χ1) is 10.3. The van der Waals surface area contributed by atoms with Crippen LogP contribution in [0.3, 0.4) is 0 Å². The number of carbonyl (C=O) groups is 1. The minimum atomic E-state index is 0.232. The van der Waals surface area contributed by atoms with E-state index in [0.29, 0.717) is 12.3 Å². The summed E-state index contributed by atoms with van der Waals surface area (Å²) in [5.41, 5.74) is 1.29. The van der Waals surface area contributed by atoms with Gasteiger partial charge in [-0.05, 0) is 56.7 Å². The Balaban J connectivity index is 1.31. The van der Waals surface area contributed by atoms with Crippen LogP contribution in [0.2, 0.25) is 0 Å². The zero-order valence-corrected chi connectivity index (χ0v) is 12.8. The van der Waals surface area contributed by atoms with Crippen LogP contribution < -0.4 is 5.32 Å². The third-order valence-electron chi connectivity index (χ3n) is 4.77. The number of piperidine rings is 1. The lowest BCUT2D eigenvalue weighted by Gasteiger charge is -2.31. The van der Waals surface area contributed by atoms with E-state index in [-0.39, 0.29) is 5.91 Å². The van der Waals surface area contributed by atoms with Crippen LogP contribution in [0.25, 0.3) is 0 Å². The van der Waals surface area contributed by atoms with Crippen LogP contribution in [-0.4, -0.2) is 36.5 Å². The van der Waals surface area contributed by atoms with Gasteiger partial charge < -0.3 is 10.2 Å². The van der Waals surface area contributed by atoms with Crippen molar-refractivity contribution in [2.75, 3.05) is 19.6 Å². The summed E-state index contributed by atoms with van der Waals surface area (Å²) in [5, 5.41) is 3.07. The maximum atomic E-state index is 12.0. The van der Waals surface area contributed by atoms with Crippen molar-refractivity contribution in [2.24, 2.45) is 5.92 Å². The van der Waals surface area contributed by atoms with Gasteiger partial charge in [0.1, 0.15) is 0 Å². The first-order valence-electron chi connectivity index (χ1n) is 8.36. The second kappa shape index (κ2) is 7.08. The predicted molar refractivity (Wildman–Crippen MR) is 85.1 cm³/mol. The number of carbonyl (C=O) groups excluding carboxylic acids is 1. The third kappa shape index (κ3) is 4.57. The van der Waals surface area contributed by atoms with E-state index in [0.717, 1.165) is 19.0 Å². The summed E-state index contributed by atoms with van der Waals surface area (Å²) in [4.78, 5) is 14.6. The van der Waals surface area contributed by atoms with Gasteiger partial charge in [-0.2, -0.15) is 0 Å². The summed E-state index contributed by atoms with van der Waals surface area (Å²) in [6.07, 6.45) is 6.82. The summed E-state index contributed by atoms with van der Waals surface area (Å²) in [7, 11) is 0. The van der Waals surface area contributed by atoms with Crippen LogP contribution in [0, 0.1) is 5.92 Å². The quantitative estimate of drug-likeness (QED) is 0.872. The molecule has 0 radical (unpaired) electrons. The van der Waals surface area contributed by atoms with E-state index in [1.165, 1.54) is 44.3 Å². The van der Waals surface area contributed by atoms with Gasteiger partial charge in [0.2, 0.25) is 5.91 Å². The van der Waals surface area contributed by atoms with Gasteiger partial charge in [-0.25, -0.2) is 0 Å². The number of hydrogen-bond donors (Lipinski definition) is 1. The van der Waals surface area contributed by atoms with E-state index in [2.05, 4.69) is 22.3 Å². The van der Waals surface area contributed by atoms with E-state index in [1.54, 1.807) is 0 Å². The molecule has 1 saturated heterocycles. The number of amides is 1. The lowest BCUT2D eigenvalue weighted by molar-refractivity contribution is -0.122. The highest BCUT2D eigenvalue weighted by atomic mass is 16.1. The monoisotopic (exact) mass is 286 g/mol. The third-order valence-corrected chi connectivity index (χ3v) is 4.77. The normalized spacial score (nSPS) is 20.4. The summed E-state index contributed by atoms with van der Waals surface area (Å²) in [6.45, 7) is 3.16. The Morgan fingerprint density at radius 2 is 1.81 bits per heavy atom. The second-order valence-electron chi connectivity index (χ2n) is 6.50. The fourth-order valence-corrected chi connectivity index (χ4v) is 3.29. The van der Waals surface area contributed by atoms with Crippen molar-refractivity contribution in [2.45, 2.75) is 44.6 Å². The summed E-state index contributed by atoms with van der Waals surface area (Å²) in [5.74, 6) is 0.826. The van der Waals surface area contributed by atoms with Crippen molar-refractivity contribution < 1.29 is 4.79 Å². The second-order valence-corrected chi connectivity index (χ2v) is 6.50. The van der Waals surface area contributed by atoms with Gasteiger partial charge in [0.25, 0.3) is 0 Å². The zero-order chi connectivity index (χ0) is 14.5. The Hall–Kier alpha value is -1.35. The fraction of sp³-hybridized carbons (Fsp3) is 0.611. The topological polar surface area (TPSA) is 32.3 Å². The highest BCUT2D eigenvalue weighted by molar-refractivity contribution is 5.76. The number of benzene rings is 1. The maximum absolute atomic E-state index is 12.0. The molecule has 1 saturated carbocycles. The van der Waals surface area contributed by atoms with Crippen molar-refractivity contribution in [3.05, 3.63) is 35.9 Å². The summed E-state index contributed by atoms with van der Waals surface area (Å²) in [6, 6.07) is 11.2. The molecule has 3 rings (SSSR count). The SMILES string of the molecule is O=C(CC1CCN(C2CC2)CC1)NCCc1ccccc1. The standard InChI is InChI=1S/C18H26N2O/c21-18(19-11-8-15-4-2-1-3-5-15)14-16-9-12-20(13-10-16)17-6-7-17/h1-5,16-17H,6-14H2,(H,19,21). The molecule has 1 heterocycles. The molecule has 0 unspecified atom stereocenters. The lowest BCUT2D eigenvalue weighted by Crippen LogP contribution is -2.37. The van der Waals surface area contributed by atoms with E-state index in [9.17, 15) is 4.79 Å².